The number of rotatable bonds is 3. The van der Waals surface area contributed by atoms with E-state index in [0.717, 1.165) is 16.7 Å². The molecule has 0 aromatic heterocycles. The van der Waals surface area contributed by atoms with E-state index in [4.69, 9.17) is 11.6 Å². The highest BCUT2D eigenvalue weighted by Crippen LogP contribution is 2.27. The lowest BCUT2D eigenvalue weighted by Crippen LogP contribution is -2.45. The molecule has 2 aromatic rings. The first kappa shape index (κ1) is 15.0. The van der Waals surface area contributed by atoms with Crippen molar-refractivity contribution < 1.29 is 14.3 Å². The first-order valence-corrected chi connectivity index (χ1v) is 7.40. The summed E-state index contributed by atoms with van der Waals surface area (Å²) in [6.07, 6.45) is 0.370. The maximum Gasteiger partial charge on any atom is 0.321 e. The maximum absolute atomic E-state index is 13.4. The van der Waals surface area contributed by atoms with Gasteiger partial charge in [0, 0.05) is 18.1 Å². The molecule has 0 saturated carbocycles. The molecule has 2 aromatic carbocycles. The Labute approximate surface area is 132 Å². The molecule has 0 radical (unpaired) electrons. The van der Waals surface area contributed by atoms with E-state index in [-0.39, 0.29) is 5.82 Å². The second-order valence-electron chi connectivity index (χ2n) is 5.47. The van der Waals surface area contributed by atoms with Crippen molar-refractivity contribution >= 4 is 17.6 Å². The summed E-state index contributed by atoms with van der Waals surface area (Å²) in [5, 5.41) is 10.1. The van der Waals surface area contributed by atoms with E-state index in [9.17, 15) is 14.3 Å². The summed E-state index contributed by atoms with van der Waals surface area (Å²) in [6, 6.07) is 11.3. The fourth-order valence-corrected chi connectivity index (χ4v) is 3.06. The lowest BCUT2D eigenvalue weighted by atomic mass is 9.93. The number of nitrogens with zero attached hydrogens (tertiary/aromatic N) is 1. The van der Waals surface area contributed by atoms with E-state index in [1.54, 1.807) is 12.1 Å². The predicted octanol–water partition coefficient (Wildman–Crippen LogP) is 3.49. The Hall–Kier alpha value is -1.91. The fourth-order valence-electron chi connectivity index (χ4n) is 2.86. The van der Waals surface area contributed by atoms with Crippen LogP contribution in [0, 0.1) is 5.82 Å². The Morgan fingerprint density at radius 2 is 2.05 bits per heavy atom. The van der Waals surface area contributed by atoms with Crippen LogP contribution >= 0.6 is 11.6 Å². The second-order valence-corrected chi connectivity index (χ2v) is 5.87. The van der Waals surface area contributed by atoms with Gasteiger partial charge in [-0.05, 0) is 41.3 Å². The molecule has 0 aliphatic carbocycles. The van der Waals surface area contributed by atoms with Gasteiger partial charge in [0.1, 0.15) is 11.9 Å². The van der Waals surface area contributed by atoms with Crippen molar-refractivity contribution in [3.8, 4) is 0 Å². The number of carboxylic acids is 1. The zero-order valence-corrected chi connectivity index (χ0v) is 12.6. The molecule has 0 unspecified atom stereocenters. The van der Waals surface area contributed by atoms with Crippen LogP contribution in [-0.2, 0) is 24.3 Å². The monoisotopic (exact) mass is 319 g/mol. The third kappa shape index (κ3) is 2.98. The van der Waals surface area contributed by atoms with Gasteiger partial charge in [0.15, 0.2) is 0 Å². The van der Waals surface area contributed by atoms with E-state index >= 15 is 0 Å². The molecule has 1 N–H and O–H groups in total. The van der Waals surface area contributed by atoms with Gasteiger partial charge in [0.05, 0.1) is 0 Å². The summed E-state index contributed by atoms with van der Waals surface area (Å²) in [4.78, 5) is 13.4. The Morgan fingerprint density at radius 3 is 2.77 bits per heavy atom. The van der Waals surface area contributed by atoms with Gasteiger partial charge in [-0.2, -0.15) is 0 Å². The van der Waals surface area contributed by atoms with Gasteiger partial charge in [0.25, 0.3) is 0 Å². The van der Waals surface area contributed by atoms with Crippen LogP contribution < -0.4 is 0 Å². The number of carboxylic acid groups (broad SMARTS) is 1. The van der Waals surface area contributed by atoms with Gasteiger partial charge in [0.2, 0.25) is 0 Å². The minimum absolute atomic E-state index is 0.301. The normalized spacial score (nSPS) is 18.0. The molecule has 0 fully saturated rings. The van der Waals surface area contributed by atoms with Crippen molar-refractivity contribution in [1.29, 1.82) is 0 Å². The molecule has 1 aliphatic rings. The number of hydrogen-bond acceptors (Lipinski definition) is 2. The summed E-state index contributed by atoms with van der Waals surface area (Å²) >= 11 is 6.16. The van der Waals surface area contributed by atoms with E-state index < -0.39 is 12.0 Å². The Kier molecular flexibility index (Phi) is 4.14. The summed E-state index contributed by atoms with van der Waals surface area (Å²) in [6.45, 7) is 0.821. The average molecular weight is 320 g/mol. The number of carbonyl (C=O) groups is 1. The number of benzene rings is 2. The van der Waals surface area contributed by atoms with Crippen LogP contribution in [0.25, 0.3) is 0 Å². The third-order valence-electron chi connectivity index (χ3n) is 4.01. The molecule has 1 atom stereocenters. The molecular weight excluding hydrogens is 305 g/mol. The Balaban J connectivity index is 1.91. The number of hydrogen-bond donors (Lipinski definition) is 1. The van der Waals surface area contributed by atoms with Crippen LogP contribution in [0.5, 0.6) is 0 Å². The Morgan fingerprint density at radius 1 is 1.27 bits per heavy atom. The molecule has 1 heterocycles. The van der Waals surface area contributed by atoms with Gasteiger partial charge in [-0.15, -0.1) is 0 Å². The molecule has 0 spiro atoms. The predicted molar refractivity (Wildman–Crippen MR) is 82.2 cm³/mol. The highest BCUT2D eigenvalue weighted by Gasteiger charge is 2.31. The molecule has 5 heteroatoms. The largest absolute Gasteiger partial charge is 0.480 e. The smallest absolute Gasteiger partial charge is 0.321 e. The zero-order valence-electron chi connectivity index (χ0n) is 11.8. The highest BCUT2D eigenvalue weighted by molar-refractivity contribution is 6.31. The van der Waals surface area contributed by atoms with Crippen LogP contribution in [0.3, 0.4) is 0 Å². The third-order valence-corrected chi connectivity index (χ3v) is 4.38. The highest BCUT2D eigenvalue weighted by atomic mass is 35.5. The number of fused-ring (bicyclic) bond motifs is 1. The van der Waals surface area contributed by atoms with Crippen LogP contribution in [0.4, 0.5) is 4.39 Å². The van der Waals surface area contributed by atoms with Crippen molar-refractivity contribution in [2.24, 2.45) is 0 Å². The van der Waals surface area contributed by atoms with Gasteiger partial charge in [-0.1, -0.05) is 35.9 Å². The second kappa shape index (κ2) is 6.07. The molecule has 3 rings (SSSR count). The average Bonchev–Trinajstić information content (AvgIpc) is 2.48. The van der Waals surface area contributed by atoms with Gasteiger partial charge >= 0.3 is 5.97 Å². The van der Waals surface area contributed by atoms with Gasteiger partial charge in [-0.3, -0.25) is 9.69 Å². The molecular formula is C17H15ClFNO2. The Bertz CT molecular complexity index is 720. The molecule has 3 nitrogen and oxygen atoms in total. The van der Waals surface area contributed by atoms with E-state index in [0.29, 0.717) is 24.5 Å². The summed E-state index contributed by atoms with van der Waals surface area (Å²) in [5.41, 5.74) is 2.60. The SMILES string of the molecule is O=C(O)[C@H]1Cc2ccc(F)cc2CN1Cc1ccccc1Cl. The molecule has 22 heavy (non-hydrogen) atoms. The minimum Gasteiger partial charge on any atom is -0.480 e. The van der Waals surface area contributed by atoms with Gasteiger partial charge < -0.3 is 5.11 Å². The van der Waals surface area contributed by atoms with Crippen LogP contribution in [0.15, 0.2) is 42.5 Å². The number of halogens is 2. The number of aliphatic carboxylic acids is 1. The molecule has 1 aliphatic heterocycles. The standard InChI is InChI=1S/C17H15ClFNO2/c18-15-4-2-1-3-12(15)9-20-10-13-7-14(19)6-5-11(13)8-16(20)17(21)22/h1-7,16H,8-10H2,(H,21,22)/t16-/m1/s1. The lowest BCUT2D eigenvalue weighted by Gasteiger charge is -2.34. The van der Waals surface area contributed by atoms with Crippen molar-refractivity contribution in [1.82, 2.24) is 4.90 Å². The van der Waals surface area contributed by atoms with Gasteiger partial charge in [-0.25, -0.2) is 4.39 Å². The topological polar surface area (TPSA) is 40.5 Å². The maximum atomic E-state index is 13.4. The van der Waals surface area contributed by atoms with Crippen LogP contribution in [0.2, 0.25) is 5.02 Å². The first-order valence-electron chi connectivity index (χ1n) is 7.02. The summed E-state index contributed by atoms with van der Waals surface area (Å²) in [7, 11) is 0. The first-order chi connectivity index (χ1) is 10.5. The van der Waals surface area contributed by atoms with Crippen LogP contribution in [-0.4, -0.2) is 22.0 Å². The van der Waals surface area contributed by atoms with Crippen molar-refractivity contribution in [3.63, 3.8) is 0 Å². The molecule has 114 valence electrons. The fraction of sp³-hybridized carbons (Fsp3) is 0.235. The van der Waals surface area contributed by atoms with Crippen molar-refractivity contribution in [3.05, 3.63) is 70.0 Å². The van der Waals surface area contributed by atoms with Crippen molar-refractivity contribution in [2.75, 3.05) is 0 Å². The molecule has 0 saturated heterocycles. The van der Waals surface area contributed by atoms with E-state index in [1.165, 1.54) is 12.1 Å². The minimum atomic E-state index is -0.873. The van der Waals surface area contributed by atoms with Crippen LogP contribution in [0.1, 0.15) is 16.7 Å². The van der Waals surface area contributed by atoms with Crippen molar-refractivity contribution in [2.45, 2.75) is 25.6 Å². The zero-order chi connectivity index (χ0) is 15.7. The lowest BCUT2D eigenvalue weighted by molar-refractivity contribution is -0.144. The van der Waals surface area contributed by atoms with E-state index in [1.807, 2.05) is 23.1 Å². The summed E-state index contributed by atoms with van der Waals surface area (Å²) in [5.74, 6) is -1.17. The van der Waals surface area contributed by atoms with E-state index in [2.05, 4.69) is 0 Å². The quantitative estimate of drug-likeness (QED) is 0.941. The molecule has 0 amide bonds. The summed E-state index contributed by atoms with van der Waals surface area (Å²) < 4.78 is 13.4. The molecule has 0 bridgehead atoms.